The van der Waals surface area contributed by atoms with Crippen LogP contribution in [0.25, 0.3) is 6.08 Å². The molecule has 0 aliphatic carbocycles. The Morgan fingerprint density at radius 3 is 2.13 bits per heavy atom. The molecule has 0 saturated heterocycles. The van der Waals surface area contributed by atoms with Crippen molar-refractivity contribution in [1.29, 1.82) is 0 Å². The Balaban J connectivity index is 2.00. The lowest BCUT2D eigenvalue weighted by atomic mass is 10.1. The molecule has 2 aromatic rings. The first-order chi connectivity index (χ1) is 14.4. The SMILES string of the molecule is COc1cc(OC)c(OC)cc1/C=C/C(=O)OCC(=O)Nc1cc(C)ccc1OC. The molecule has 8 nitrogen and oxygen atoms in total. The molecule has 2 aromatic carbocycles. The number of nitrogens with one attached hydrogen (secondary N) is 1. The topological polar surface area (TPSA) is 92.3 Å². The van der Waals surface area contributed by atoms with E-state index >= 15 is 0 Å². The number of carbonyl (C=O) groups excluding carboxylic acids is 2. The van der Waals surface area contributed by atoms with Gasteiger partial charge in [0.05, 0.1) is 34.1 Å². The number of benzene rings is 2. The molecule has 0 spiro atoms. The van der Waals surface area contributed by atoms with Crippen LogP contribution in [-0.4, -0.2) is 46.9 Å². The second-order valence-electron chi connectivity index (χ2n) is 6.14. The average molecular weight is 415 g/mol. The zero-order chi connectivity index (χ0) is 22.1. The van der Waals surface area contributed by atoms with Crippen molar-refractivity contribution >= 4 is 23.6 Å². The number of ether oxygens (including phenoxy) is 5. The van der Waals surface area contributed by atoms with Gasteiger partial charge in [0.2, 0.25) is 0 Å². The van der Waals surface area contributed by atoms with E-state index in [0.717, 1.165) is 5.56 Å². The molecule has 0 saturated carbocycles. The third-order valence-corrected chi connectivity index (χ3v) is 4.11. The smallest absolute Gasteiger partial charge is 0.331 e. The van der Waals surface area contributed by atoms with Gasteiger partial charge in [-0.25, -0.2) is 4.79 Å². The van der Waals surface area contributed by atoms with Gasteiger partial charge in [0.25, 0.3) is 5.91 Å². The van der Waals surface area contributed by atoms with Crippen molar-refractivity contribution in [1.82, 2.24) is 0 Å². The van der Waals surface area contributed by atoms with Crippen LogP contribution in [0.1, 0.15) is 11.1 Å². The monoisotopic (exact) mass is 415 g/mol. The van der Waals surface area contributed by atoms with Crippen molar-refractivity contribution in [2.24, 2.45) is 0 Å². The predicted octanol–water partition coefficient (Wildman–Crippen LogP) is 3.22. The standard InChI is InChI=1S/C22H25NO7/c1-14-6-8-17(26-2)16(10-14)23-21(24)13-30-22(25)9-7-15-11-19(28-4)20(29-5)12-18(15)27-3/h6-12H,13H2,1-5H3,(H,23,24)/b9-7+. The Kier molecular flexibility index (Phi) is 8.10. The molecule has 0 aliphatic heterocycles. The van der Waals surface area contributed by atoms with E-state index in [-0.39, 0.29) is 0 Å². The van der Waals surface area contributed by atoms with E-state index in [0.29, 0.717) is 34.2 Å². The summed E-state index contributed by atoms with van der Waals surface area (Å²) in [6.45, 7) is 1.45. The fourth-order valence-electron chi connectivity index (χ4n) is 2.63. The van der Waals surface area contributed by atoms with Gasteiger partial charge < -0.3 is 29.0 Å². The van der Waals surface area contributed by atoms with Crippen LogP contribution in [-0.2, 0) is 14.3 Å². The Bertz CT molecular complexity index is 937. The van der Waals surface area contributed by atoms with Gasteiger partial charge in [-0.05, 0) is 36.8 Å². The van der Waals surface area contributed by atoms with Crippen LogP contribution < -0.4 is 24.3 Å². The summed E-state index contributed by atoms with van der Waals surface area (Å²) in [5.74, 6) is 0.819. The summed E-state index contributed by atoms with van der Waals surface area (Å²) in [5, 5.41) is 2.66. The maximum absolute atomic E-state index is 12.1. The predicted molar refractivity (Wildman–Crippen MR) is 112 cm³/mol. The van der Waals surface area contributed by atoms with Crippen molar-refractivity contribution in [3.63, 3.8) is 0 Å². The zero-order valence-electron chi connectivity index (χ0n) is 17.6. The minimum atomic E-state index is -0.682. The van der Waals surface area contributed by atoms with Gasteiger partial charge >= 0.3 is 5.97 Å². The zero-order valence-corrected chi connectivity index (χ0v) is 17.6. The van der Waals surface area contributed by atoms with E-state index in [1.807, 2.05) is 13.0 Å². The van der Waals surface area contributed by atoms with Crippen molar-refractivity contribution in [3.8, 4) is 23.0 Å². The van der Waals surface area contributed by atoms with E-state index in [1.54, 1.807) is 24.3 Å². The second kappa shape index (κ2) is 10.8. The van der Waals surface area contributed by atoms with E-state index < -0.39 is 18.5 Å². The summed E-state index contributed by atoms with van der Waals surface area (Å²) in [7, 11) is 6.03. The molecular weight excluding hydrogens is 390 g/mol. The van der Waals surface area contributed by atoms with Crippen LogP contribution in [0.5, 0.6) is 23.0 Å². The fourth-order valence-corrected chi connectivity index (χ4v) is 2.63. The number of carbonyl (C=O) groups is 2. The average Bonchev–Trinajstić information content (AvgIpc) is 2.75. The van der Waals surface area contributed by atoms with Crippen LogP contribution in [0.4, 0.5) is 5.69 Å². The molecule has 0 fully saturated rings. The van der Waals surface area contributed by atoms with Crippen molar-refractivity contribution in [2.45, 2.75) is 6.92 Å². The lowest BCUT2D eigenvalue weighted by Crippen LogP contribution is -2.20. The number of anilines is 1. The van der Waals surface area contributed by atoms with Crippen LogP contribution in [0, 0.1) is 6.92 Å². The van der Waals surface area contributed by atoms with Crippen LogP contribution in [0.2, 0.25) is 0 Å². The molecule has 30 heavy (non-hydrogen) atoms. The highest BCUT2D eigenvalue weighted by molar-refractivity contribution is 5.95. The summed E-state index contributed by atoms with van der Waals surface area (Å²) in [5.41, 5.74) is 2.04. The highest BCUT2D eigenvalue weighted by atomic mass is 16.5. The molecule has 0 aromatic heterocycles. The number of aryl methyl sites for hydroxylation is 1. The first-order valence-corrected chi connectivity index (χ1v) is 9.01. The summed E-state index contributed by atoms with van der Waals surface area (Å²) >= 11 is 0. The minimum absolute atomic E-state index is 0.441. The number of esters is 1. The fraction of sp³-hybridized carbons (Fsp3) is 0.273. The Morgan fingerprint density at radius 1 is 0.867 bits per heavy atom. The van der Waals surface area contributed by atoms with E-state index in [1.165, 1.54) is 40.6 Å². The molecule has 0 unspecified atom stereocenters. The van der Waals surface area contributed by atoms with Gasteiger partial charge in [0, 0.05) is 17.7 Å². The minimum Gasteiger partial charge on any atom is -0.496 e. The molecule has 0 atom stereocenters. The number of methoxy groups -OCH3 is 4. The maximum Gasteiger partial charge on any atom is 0.331 e. The molecule has 0 aliphatic rings. The largest absolute Gasteiger partial charge is 0.496 e. The van der Waals surface area contributed by atoms with E-state index in [9.17, 15) is 9.59 Å². The highest BCUT2D eigenvalue weighted by Crippen LogP contribution is 2.35. The lowest BCUT2D eigenvalue weighted by molar-refractivity contribution is -0.142. The van der Waals surface area contributed by atoms with Gasteiger partial charge in [-0.15, -0.1) is 0 Å². The first kappa shape index (κ1) is 22.6. The summed E-state index contributed by atoms with van der Waals surface area (Å²) in [4.78, 5) is 24.1. The third kappa shape index (κ3) is 5.91. The van der Waals surface area contributed by atoms with Gasteiger partial charge in [-0.2, -0.15) is 0 Å². The van der Waals surface area contributed by atoms with Gasteiger partial charge in [0.1, 0.15) is 11.5 Å². The molecule has 1 N–H and O–H groups in total. The van der Waals surface area contributed by atoms with Crippen molar-refractivity contribution < 1.29 is 33.3 Å². The van der Waals surface area contributed by atoms with E-state index in [4.69, 9.17) is 23.7 Å². The highest BCUT2D eigenvalue weighted by Gasteiger charge is 2.12. The third-order valence-electron chi connectivity index (χ3n) is 4.11. The van der Waals surface area contributed by atoms with Crippen LogP contribution >= 0.6 is 0 Å². The Labute approximate surface area is 175 Å². The number of hydrogen-bond acceptors (Lipinski definition) is 7. The quantitative estimate of drug-likeness (QED) is 0.497. The van der Waals surface area contributed by atoms with E-state index in [2.05, 4.69) is 5.32 Å². The molecule has 0 radical (unpaired) electrons. The number of hydrogen-bond donors (Lipinski definition) is 1. The molecule has 160 valence electrons. The maximum atomic E-state index is 12.1. The Morgan fingerprint density at radius 2 is 1.50 bits per heavy atom. The number of rotatable bonds is 9. The van der Waals surface area contributed by atoms with Gasteiger partial charge in [-0.3, -0.25) is 4.79 Å². The number of amides is 1. The van der Waals surface area contributed by atoms with Gasteiger partial charge in [0.15, 0.2) is 18.1 Å². The summed E-state index contributed by atoms with van der Waals surface area (Å²) < 4.78 is 26.0. The van der Waals surface area contributed by atoms with Crippen molar-refractivity contribution in [2.75, 3.05) is 40.4 Å². The molecule has 0 heterocycles. The normalized spacial score (nSPS) is 10.4. The second-order valence-corrected chi connectivity index (χ2v) is 6.14. The van der Waals surface area contributed by atoms with Crippen molar-refractivity contribution in [3.05, 3.63) is 47.5 Å². The Hall–Kier alpha value is -3.68. The molecule has 2 rings (SSSR count). The van der Waals surface area contributed by atoms with Crippen LogP contribution in [0.3, 0.4) is 0 Å². The van der Waals surface area contributed by atoms with Gasteiger partial charge in [-0.1, -0.05) is 6.07 Å². The molecule has 0 bridgehead atoms. The lowest BCUT2D eigenvalue weighted by Gasteiger charge is -2.12. The molecule has 8 heteroatoms. The summed E-state index contributed by atoms with van der Waals surface area (Å²) in [6, 6.07) is 8.68. The van der Waals surface area contributed by atoms with Crippen LogP contribution in [0.15, 0.2) is 36.4 Å². The molecule has 1 amide bonds. The summed E-state index contributed by atoms with van der Waals surface area (Å²) in [6.07, 6.45) is 2.70. The molecular formula is C22H25NO7. The first-order valence-electron chi connectivity index (χ1n) is 9.01.